The molecular weight excluding hydrogens is 395 g/mol. The van der Waals surface area contributed by atoms with Gasteiger partial charge >= 0.3 is 0 Å². The van der Waals surface area contributed by atoms with Crippen LogP contribution in [0.2, 0.25) is 10.0 Å². The molecule has 1 amide bonds. The summed E-state index contributed by atoms with van der Waals surface area (Å²) in [5, 5.41) is 1.00. The molecule has 2 aliphatic rings. The van der Waals surface area contributed by atoms with Crippen molar-refractivity contribution in [2.45, 2.75) is 57.2 Å². The molecule has 28 heavy (non-hydrogen) atoms. The number of likely N-dealkylation sites (N-methyl/N-ethyl adjacent to an activating group) is 1. The van der Waals surface area contributed by atoms with Crippen LogP contribution in [0.1, 0.15) is 38.2 Å². The van der Waals surface area contributed by atoms with E-state index in [1.807, 2.05) is 18.0 Å². The number of benzene rings is 1. The summed E-state index contributed by atoms with van der Waals surface area (Å²) < 4.78 is 5.92. The highest BCUT2D eigenvalue weighted by Gasteiger charge is 2.35. The number of rotatable bonds is 6. The lowest BCUT2D eigenvalue weighted by Gasteiger charge is -2.38. The van der Waals surface area contributed by atoms with Crippen molar-refractivity contribution in [1.82, 2.24) is 9.80 Å². The van der Waals surface area contributed by atoms with Crippen molar-refractivity contribution in [3.8, 4) is 0 Å². The second kappa shape index (κ2) is 10.1. The van der Waals surface area contributed by atoms with Gasteiger partial charge in [0.2, 0.25) is 5.91 Å². The highest BCUT2D eigenvalue weighted by molar-refractivity contribution is 6.42. The normalized spacial score (nSPS) is 25.6. The molecule has 1 saturated carbocycles. The third-order valence-corrected chi connectivity index (χ3v) is 6.70. The van der Waals surface area contributed by atoms with Crippen LogP contribution in [0.3, 0.4) is 0 Å². The third kappa shape index (κ3) is 5.29. The van der Waals surface area contributed by atoms with Crippen molar-refractivity contribution in [3.63, 3.8) is 0 Å². The Labute approximate surface area is 178 Å². The van der Waals surface area contributed by atoms with E-state index in [4.69, 9.17) is 27.9 Å². The third-order valence-electron chi connectivity index (χ3n) is 5.96. The van der Waals surface area contributed by atoms with E-state index in [0.29, 0.717) is 28.6 Å². The Balaban J connectivity index is 1.72. The molecule has 0 aromatic heterocycles. The average Bonchev–Trinajstić information content (AvgIpc) is 3.13. The molecule has 1 aliphatic heterocycles. The smallest absolute Gasteiger partial charge is 0.227 e. The van der Waals surface area contributed by atoms with Crippen molar-refractivity contribution < 1.29 is 9.53 Å². The molecule has 0 spiro atoms. The van der Waals surface area contributed by atoms with E-state index in [1.54, 1.807) is 12.1 Å². The van der Waals surface area contributed by atoms with E-state index in [2.05, 4.69) is 24.0 Å². The summed E-state index contributed by atoms with van der Waals surface area (Å²) in [6, 6.07) is 5.98. The number of ether oxygens (including phenoxy) is 1. The van der Waals surface area contributed by atoms with Crippen molar-refractivity contribution in [3.05, 3.63) is 46.0 Å². The van der Waals surface area contributed by atoms with Gasteiger partial charge in [0.05, 0.1) is 22.6 Å². The molecule has 1 aromatic rings. The van der Waals surface area contributed by atoms with Crippen molar-refractivity contribution in [1.29, 1.82) is 0 Å². The molecule has 6 heteroatoms. The van der Waals surface area contributed by atoms with Gasteiger partial charge in [-0.05, 0) is 50.3 Å². The van der Waals surface area contributed by atoms with Crippen LogP contribution < -0.4 is 0 Å². The Morgan fingerprint density at radius 1 is 1.14 bits per heavy atom. The maximum absolute atomic E-state index is 13.1. The Morgan fingerprint density at radius 2 is 1.86 bits per heavy atom. The Hall–Kier alpha value is -1.07. The van der Waals surface area contributed by atoms with Gasteiger partial charge < -0.3 is 9.64 Å². The minimum Gasteiger partial charge on any atom is -0.379 e. The second-order valence-electron chi connectivity index (χ2n) is 7.72. The highest BCUT2D eigenvalue weighted by atomic mass is 35.5. The zero-order valence-corrected chi connectivity index (χ0v) is 18.3. The summed E-state index contributed by atoms with van der Waals surface area (Å²) in [6.45, 7) is 4.74. The van der Waals surface area contributed by atoms with Crippen LogP contribution in [-0.2, 0) is 16.0 Å². The number of halogens is 2. The first-order valence-corrected chi connectivity index (χ1v) is 11.0. The number of hydrogen-bond acceptors (Lipinski definition) is 3. The predicted octanol–water partition coefficient (Wildman–Crippen LogP) is 4.58. The standard InChI is InChI=1S/C22H30Cl2N2O2/c1-3-28-17-7-10-20(21(11-8-17)26-12-4-5-13-26)25(2)22(27)15-16-6-9-18(23)19(24)14-16/h4-6,9,14,17,20-21H,3,7-8,10-13,15H2,1-2H3. The van der Waals surface area contributed by atoms with E-state index in [1.165, 1.54) is 0 Å². The molecule has 0 bridgehead atoms. The van der Waals surface area contributed by atoms with Gasteiger partial charge in [-0.3, -0.25) is 9.69 Å². The van der Waals surface area contributed by atoms with Gasteiger partial charge in [-0.1, -0.05) is 41.4 Å². The molecule has 3 rings (SSSR count). The van der Waals surface area contributed by atoms with E-state index >= 15 is 0 Å². The summed E-state index contributed by atoms with van der Waals surface area (Å²) >= 11 is 12.1. The van der Waals surface area contributed by atoms with Gasteiger partial charge in [0.25, 0.3) is 0 Å². The van der Waals surface area contributed by atoms with Crippen molar-refractivity contribution >= 4 is 29.1 Å². The first-order valence-electron chi connectivity index (χ1n) is 10.2. The zero-order chi connectivity index (χ0) is 20.1. The summed E-state index contributed by atoms with van der Waals surface area (Å²) in [4.78, 5) is 17.5. The summed E-state index contributed by atoms with van der Waals surface area (Å²) in [7, 11) is 1.95. The number of carbonyl (C=O) groups excluding carboxylic acids is 1. The maximum Gasteiger partial charge on any atom is 0.227 e. The SMILES string of the molecule is CCOC1CCC(N2CC=CC2)C(N(C)C(=O)Cc2ccc(Cl)c(Cl)c2)CC1. The van der Waals surface area contributed by atoms with Gasteiger partial charge in [-0.25, -0.2) is 0 Å². The van der Waals surface area contributed by atoms with Gasteiger partial charge in [-0.15, -0.1) is 0 Å². The second-order valence-corrected chi connectivity index (χ2v) is 8.54. The topological polar surface area (TPSA) is 32.8 Å². The fourth-order valence-corrected chi connectivity index (χ4v) is 4.74. The fourth-order valence-electron chi connectivity index (χ4n) is 4.42. The fraction of sp³-hybridized carbons (Fsp3) is 0.591. The Morgan fingerprint density at radius 3 is 2.54 bits per heavy atom. The largest absolute Gasteiger partial charge is 0.379 e. The van der Waals surface area contributed by atoms with E-state index in [9.17, 15) is 4.79 Å². The molecule has 3 unspecified atom stereocenters. The highest BCUT2D eigenvalue weighted by Crippen LogP contribution is 2.29. The van der Waals surface area contributed by atoms with Gasteiger partial charge in [-0.2, -0.15) is 0 Å². The molecule has 4 nitrogen and oxygen atoms in total. The summed E-state index contributed by atoms with van der Waals surface area (Å²) in [6.07, 6.45) is 9.16. The molecule has 1 aliphatic carbocycles. The molecule has 0 N–H and O–H groups in total. The van der Waals surface area contributed by atoms with E-state index in [0.717, 1.165) is 50.9 Å². The number of carbonyl (C=O) groups is 1. The van der Waals surface area contributed by atoms with Gasteiger partial charge in [0.1, 0.15) is 0 Å². The number of nitrogens with zero attached hydrogens (tertiary/aromatic N) is 2. The van der Waals surface area contributed by atoms with Gasteiger partial charge in [0.15, 0.2) is 0 Å². The lowest BCUT2D eigenvalue weighted by atomic mass is 9.99. The molecule has 0 radical (unpaired) electrons. The zero-order valence-electron chi connectivity index (χ0n) is 16.7. The minimum atomic E-state index is 0.121. The number of hydrogen-bond donors (Lipinski definition) is 0. The van der Waals surface area contributed by atoms with Crippen LogP contribution in [0.25, 0.3) is 0 Å². The number of amides is 1. The average molecular weight is 425 g/mol. The Kier molecular flexibility index (Phi) is 7.81. The Bertz CT molecular complexity index is 702. The molecule has 1 heterocycles. The lowest BCUT2D eigenvalue weighted by molar-refractivity contribution is -0.132. The summed E-state index contributed by atoms with van der Waals surface area (Å²) in [5.41, 5.74) is 0.895. The molecule has 154 valence electrons. The van der Waals surface area contributed by atoms with Crippen molar-refractivity contribution in [2.24, 2.45) is 0 Å². The molecule has 1 fully saturated rings. The minimum absolute atomic E-state index is 0.121. The van der Waals surface area contributed by atoms with Crippen LogP contribution in [0.15, 0.2) is 30.4 Å². The van der Waals surface area contributed by atoms with Crippen LogP contribution in [0.4, 0.5) is 0 Å². The lowest BCUT2D eigenvalue weighted by Crippen LogP contribution is -2.51. The quantitative estimate of drug-likeness (QED) is 0.494. The van der Waals surface area contributed by atoms with Crippen LogP contribution >= 0.6 is 23.2 Å². The maximum atomic E-state index is 13.1. The van der Waals surface area contributed by atoms with Crippen LogP contribution in [0.5, 0.6) is 0 Å². The first kappa shape index (κ1) is 21.6. The molecular formula is C22H30Cl2N2O2. The van der Waals surface area contributed by atoms with E-state index < -0.39 is 0 Å². The van der Waals surface area contributed by atoms with Crippen molar-refractivity contribution in [2.75, 3.05) is 26.7 Å². The molecule has 3 atom stereocenters. The molecule has 0 saturated heterocycles. The monoisotopic (exact) mass is 424 g/mol. The van der Waals surface area contributed by atoms with Crippen LogP contribution in [-0.4, -0.2) is 60.6 Å². The van der Waals surface area contributed by atoms with Gasteiger partial charge in [0, 0.05) is 38.8 Å². The predicted molar refractivity (Wildman–Crippen MR) is 115 cm³/mol. The first-order chi connectivity index (χ1) is 13.5. The van der Waals surface area contributed by atoms with Crippen LogP contribution in [0, 0.1) is 0 Å². The molecule has 1 aromatic carbocycles. The van der Waals surface area contributed by atoms with E-state index in [-0.39, 0.29) is 11.9 Å². The summed E-state index contributed by atoms with van der Waals surface area (Å²) in [5.74, 6) is 0.121.